The van der Waals surface area contributed by atoms with Gasteiger partial charge in [0, 0.05) is 13.0 Å². The van der Waals surface area contributed by atoms with Gasteiger partial charge in [-0.05, 0) is 25.3 Å². The van der Waals surface area contributed by atoms with Crippen molar-refractivity contribution in [2.45, 2.75) is 56.8 Å². The van der Waals surface area contributed by atoms with Gasteiger partial charge in [0.05, 0.1) is 12.5 Å². The number of primary amides is 1. The Morgan fingerprint density at radius 2 is 1.50 bits per heavy atom. The quantitative estimate of drug-likeness (QED) is 0.0685. The maximum Gasteiger partial charge on any atom is 0.325 e. The number of amides is 4. The Bertz CT molecular complexity index is 951. The monoisotopic (exact) mass is 506 g/mol. The highest BCUT2D eigenvalue weighted by molar-refractivity contribution is 5.95. The van der Waals surface area contributed by atoms with Crippen molar-refractivity contribution in [3.8, 4) is 0 Å². The smallest absolute Gasteiger partial charge is 0.325 e. The Morgan fingerprint density at radius 1 is 0.917 bits per heavy atom. The van der Waals surface area contributed by atoms with E-state index < -0.39 is 60.2 Å². The summed E-state index contributed by atoms with van der Waals surface area (Å²) in [4.78, 5) is 64.5. The summed E-state index contributed by atoms with van der Waals surface area (Å²) in [7, 11) is 0. The molecule has 4 unspecified atom stereocenters. The van der Waals surface area contributed by atoms with Crippen LogP contribution in [-0.2, 0) is 30.4 Å². The Hall–Kier alpha value is -4.20. The van der Waals surface area contributed by atoms with E-state index in [2.05, 4.69) is 20.9 Å². The molecule has 0 saturated heterocycles. The van der Waals surface area contributed by atoms with Gasteiger partial charge in [-0.1, -0.05) is 30.3 Å². The molecule has 4 amide bonds. The van der Waals surface area contributed by atoms with Gasteiger partial charge in [-0.2, -0.15) is 0 Å². The molecule has 4 atom stereocenters. The molecule has 36 heavy (non-hydrogen) atoms. The second kappa shape index (κ2) is 14.9. The zero-order chi connectivity index (χ0) is 27.3. The van der Waals surface area contributed by atoms with Crippen molar-refractivity contribution in [1.29, 1.82) is 0 Å². The molecule has 0 fully saturated rings. The van der Waals surface area contributed by atoms with E-state index in [1.165, 1.54) is 6.92 Å². The van der Waals surface area contributed by atoms with E-state index >= 15 is 0 Å². The zero-order valence-electron chi connectivity index (χ0n) is 20.0. The summed E-state index contributed by atoms with van der Waals surface area (Å²) in [6, 6.07) is 3.96. The largest absolute Gasteiger partial charge is 0.480 e. The molecule has 14 nitrogen and oxygen atoms in total. The number of carboxylic acid groups (broad SMARTS) is 1. The van der Waals surface area contributed by atoms with E-state index in [-0.39, 0.29) is 31.8 Å². The molecular weight excluding hydrogens is 472 g/mol. The van der Waals surface area contributed by atoms with Crippen LogP contribution in [0.2, 0.25) is 0 Å². The van der Waals surface area contributed by atoms with Crippen LogP contribution in [0.25, 0.3) is 0 Å². The average molecular weight is 507 g/mol. The number of hydrogen-bond acceptors (Lipinski definition) is 7. The Morgan fingerprint density at radius 3 is 2.06 bits per heavy atom. The Labute approximate surface area is 208 Å². The summed E-state index contributed by atoms with van der Waals surface area (Å²) in [5.74, 6) is -4.42. The highest BCUT2D eigenvalue weighted by Gasteiger charge is 2.29. The van der Waals surface area contributed by atoms with Crippen molar-refractivity contribution in [2.75, 3.05) is 6.54 Å². The van der Waals surface area contributed by atoms with Gasteiger partial charge in [-0.3, -0.25) is 29.0 Å². The maximum absolute atomic E-state index is 13.2. The molecule has 1 rings (SSSR count). The van der Waals surface area contributed by atoms with Crippen LogP contribution < -0.4 is 38.9 Å². The number of aliphatic imine (C=N–C) groups is 1. The van der Waals surface area contributed by atoms with E-state index in [1.54, 1.807) is 30.3 Å². The minimum atomic E-state index is -1.27. The fraction of sp³-hybridized carbons (Fsp3) is 0.455. The number of carbonyl (C=O) groups excluding carboxylic acids is 4. The van der Waals surface area contributed by atoms with Crippen LogP contribution in [0.4, 0.5) is 0 Å². The second-order valence-corrected chi connectivity index (χ2v) is 8.11. The first-order valence-corrected chi connectivity index (χ1v) is 11.2. The fourth-order valence-electron chi connectivity index (χ4n) is 3.07. The first-order chi connectivity index (χ1) is 16.9. The first-order valence-electron chi connectivity index (χ1n) is 11.2. The van der Waals surface area contributed by atoms with Crippen LogP contribution in [0.5, 0.6) is 0 Å². The average Bonchev–Trinajstić information content (AvgIpc) is 2.80. The first kappa shape index (κ1) is 29.8. The predicted molar refractivity (Wildman–Crippen MR) is 131 cm³/mol. The SMILES string of the molecule is CC(NC(=O)C(CCCN=C(N)N)NC(=O)C(Cc1ccccc1)NC(=O)C(N)CC(N)=O)C(=O)O. The molecule has 0 aliphatic carbocycles. The van der Waals surface area contributed by atoms with Crippen LogP contribution in [0.1, 0.15) is 31.7 Å². The van der Waals surface area contributed by atoms with Crippen molar-refractivity contribution in [1.82, 2.24) is 16.0 Å². The Kier molecular flexibility index (Phi) is 12.4. The highest BCUT2D eigenvalue weighted by Crippen LogP contribution is 2.07. The van der Waals surface area contributed by atoms with Gasteiger partial charge in [-0.25, -0.2) is 0 Å². The molecule has 0 spiro atoms. The summed E-state index contributed by atoms with van der Waals surface area (Å²) in [6.45, 7) is 1.44. The van der Waals surface area contributed by atoms with Crippen molar-refractivity contribution in [3.63, 3.8) is 0 Å². The molecule has 198 valence electrons. The molecule has 0 radical (unpaired) electrons. The third kappa shape index (κ3) is 11.3. The number of benzene rings is 1. The summed E-state index contributed by atoms with van der Waals surface area (Å²) < 4.78 is 0. The van der Waals surface area contributed by atoms with E-state index in [9.17, 15) is 24.0 Å². The number of nitrogens with one attached hydrogen (secondary N) is 3. The molecule has 0 bridgehead atoms. The number of guanidine groups is 1. The van der Waals surface area contributed by atoms with E-state index in [0.29, 0.717) is 5.56 Å². The molecule has 1 aromatic rings. The van der Waals surface area contributed by atoms with Gasteiger partial charge in [0.15, 0.2) is 5.96 Å². The molecular formula is C22H34N8O6. The van der Waals surface area contributed by atoms with Gasteiger partial charge in [0.1, 0.15) is 18.1 Å². The minimum Gasteiger partial charge on any atom is -0.480 e. The second-order valence-electron chi connectivity index (χ2n) is 8.11. The molecule has 0 saturated carbocycles. The van der Waals surface area contributed by atoms with E-state index in [4.69, 9.17) is 28.0 Å². The van der Waals surface area contributed by atoms with Crippen LogP contribution >= 0.6 is 0 Å². The number of hydrogen-bond donors (Lipinski definition) is 8. The number of rotatable bonds is 15. The molecule has 0 heterocycles. The van der Waals surface area contributed by atoms with Crippen LogP contribution in [0.3, 0.4) is 0 Å². The zero-order valence-corrected chi connectivity index (χ0v) is 20.0. The summed E-state index contributed by atoms with van der Waals surface area (Å²) in [5.41, 5.74) is 22.1. The van der Waals surface area contributed by atoms with Crippen LogP contribution in [0.15, 0.2) is 35.3 Å². The molecule has 0 aliphatic heterocycles. The fourth-order valence-corrected chi connectivity index (χ4v) is 3.07. The lowest BCUT2D eigenvalue weighted by Gasteiger charge is -2.24. The van der Waals surface area contributed by atoms with Gasteiger partial charge in [0.2, 0.25) is 23.6 Å². The van der Waals surface area contributed by atoms with Gasteiger partial charge in [0.25, 0.3) is 0 Å². The molecule has 0 aliphatic rings. The lowest BCUT2D eigenvalue weighted by Crippen LogP contribution is -2.57. The number of nitrogens with zero attached hydrogens (tertiary/aromatic N) is 1. The lowest BCUT2D eigenvalue weighted by atomic mass is 10.0. The van der Waals surface area contributed by atoms with Crippen molar-refractivity contribution < 1.29 is 29.1 Å². The van der Waals surface area contributed by atoms with Crippen LogP contribution in [-0.4, -0.2) is 71.4 Å². The summed E-state index contributed by atoms with van der Waals surface area (Å²) in [6.07, 6.45) is -0.00518. The predicted octanol–water partition coefficient (Wildman–Crippen LogP) is -2.96. The van der Waals surface area contributed by atoms with Gasteiger partial charge < -0.3 is 44.0 Å². The van der Waals surface area contributed by atoms with Crippen molar-refractivity contribution >= 4 is 35.6 Å². The number of nitrogens with two attached hydrogens (primary N) is 4. The van der Waals surface area contributed by atoms with E-state index in [1.807, 2.05) is 0 Å². The normalized spacial score (nSPS) is 13.8. The third-order valence-electron chi connectivity index (χ3n) is 4.98. The van der Waals surface area contributed by atoms with Crippen molar-refractivity contribution in [2.24, 2.45) is 27.9 Å². The lowest BCUT2D eigenvalue weighted by molar-refractivity contribution is -0.141. The topological polar surface area (TPSA) is 258 Å². The van der Waals surface area contributed by atoms with E-state index in [0.717, 1.165) is 0 Å². The number of carboxylic acids is 1. The number of aliphatic carboxylic acids is 1. The Balaban J connectivity index is 3.08. The molecule has 14 heteroatoms. The van der Waals surface area contributed by atoms with Gasteiger partial charge in [-0.15, -0.1) is 0 Å². The summed E-state index contributed by atoms with van der Waals surface area (Å²) >= 11 is 0. The minimum absolute atomic E-state index is 0.0512. The molecule has 12 N–H and O–H groups in total. The molecule has 1 aromatic carbocycles. The summed E-state index contributed by atoms with van der Waals surface area (Å²) in [5, 5.41) is 16.4. The standard InChI is InChI=1S/C22H34N8O6/c1-12(21(35)36)28-19(33)15(8-5-9-27-22(25)26)29-20(34)16(10-13-6-3-2-4-7-13)30-18(32)14(23)11-17(24)31/h2-4,6-7,12,14-16H,5,8-11,23H2,1H3,(H2,24,31)(H,28,33)(H,29,34)(H,30,32)(H,35,36)(H4,25,26,27). The van der Waals surface area contributed by atoms with Gasteiger partial charge >= 0.3 is 5.97 Å². The van der Waals surface area contributed by atoms with Crippen molar-refractivity contribution in [3.05, 3.63) is 35.9 Å². The molecule has 0 aromatic heterocycles. The maximum atomic E-state index is 13.2. The van der Waals surface area contributed by atoms with Crippen LogP contribution in [0, 0.1) is 0 Å². The highest BCUT2D eigenvalue weighted by atomic mass is 16.4. The third-order valence-corrected chi connectivity index (χ3v) is 4.98. The number of carbonyl (C=O) groups is 5.